The Balaban J connectivity index is 2.13. The van der Waals surface area contributed by atoms with Gasteiger partial charge in [-0.1, -0.05) is 33.8 Å². The van der Waals surface area contributed by atoms with Gasteiger partial charge in [-0.25, -0.2) is 13.2 Å². The fourth-order valence-corrected chi connectivity index (χ4v) is 5.27. The molecule has 0 radical (unpaired) electrons. The number of hydrogen-bond donors (Lipinski definition) is 1. The highest BCUT2D eigenvalue weighted by molar-refractivity contribution is 7.89. The van der Waals surface area contributed by atoms with E-state index in [4.69, 9.17) is 4.74 Å². The number of benzene rings is 1. The van der Waals surface area contributed by atoms with Gasteiger partial charge in [0.1, 0.15) is 6.04 Å². The summed E-state index contributed by atoms with van der Waals surface area (Å²) in [6.45, 7) is 11.2. The molecule has 1 aromatic rings. The van der Waals surface area contributed by atoms with Crippen molar-refractivity contribution >= 4 is 27.9 Å². The Labute approximate surface area is 202 Å². The van der Waals surface area contributed by atoms with Crippen LogP contribution in [-0.2, 0) is 19.6 Å². The van der Waals surface area contributed by atoms with Gasteiger partial charge in [0, 0.05) is 44.8 Å². The molecule has 1 N–H and O–H groups in total. The van der Waals surface area contributed by atoms with Crippen molar-refractivity contribution in [1.29, 1.82) is 0 Å². The highest BCUT2D eigenvalue weighted by atomic mass is 32.2. The van der Waals surface area contributed by atoms with Gasteiger partial charge in [0.25, 0.3) is 5.91 Å². The molecule has 0 spiro atoms. The number of carbonyl (C=O) groups excluding carboxylic acids is 3. The van der Waals surface area contributed by atoms with Gasteiger partial charge in [0.2, 0.25) is 15.9 Å². The molecule has 10 nitrogen and oxygen atoms in total. The van der Waals surface area contributed by atoms with Gasteiger partial charge in [-0.2, -0.15) is 4.31 Å². The lowest BCUT2D eigenvalue weighted by atomic mass is 10.0. The number of rotatable bonds is 9. The average Bonchev–Trinajstić information content (AvgIpc) is 2.82. The van der Waals surface area contributed by atoms with Crippen LogP contribution in [0.15, 0.2) is 29.2 Å². The van der Waals surface area contributed by atoms with E-state index in [0.717, 1.165) is 0 Å². The van der Waals surface area contributed by atoms with Gasteiger partial charge < -0.3 is 19.9 Å². The maximum absolute atomic E-state index is 13.2. The zero-order chi connectivity index (χ0) is 25.5. The number of amides is 3. The lowest BCUT2D eigenvalue weighted by Gasteiger charge is -2.36. The number of nitrogens with zero attached hydrogens (tertiary/aromatic N) is 3. The van der Waals surface area contributed by atoms with E-state index in [1.54, 1.807) is 30.6 Å². The highest BCUT2D eigenvalue weighted by Gasteiger charge is 2.32. The predicted molar refractivity (Wildman–Crippen MR) is 128 cm³/mol. The first-order valence-electron chi connectivity index (χ1n) is 11.7. The minimum atomic E-state index is -3.72. The van der Waals surface area contributed by atoms with Crippen LogP contribution in [0.5, 0.6) is 0 Å². The summed E-state index contributed by atoms with van der Waals surface area (Å²) >= 11 is 0. The average molecular weight is 497 g/mol. The molecule has 0 aromatic heterocycles. The predicted octanol–water partition coefficient (Wildman–Crippen LogP) is 1.77. The molecule has 1 atom stereocenters. The van der Waals surface area contributed by atoms with Crippen LogP contribution >= 0.6 is 0 Å². The number of nitrogens with one attached hydrogen (secondary N) is 1. The Hall–Kier alpha value is -2.66. The monoisotopic (exact) mass is 496 g/mol. The van der Waals surface area contributed by atoms with E-state index < -0.39 is 28.1 Å². The summed E-state index contributed by atoms with van der Waals surface area (Å²) < 4.78 is 32.0. The minimum absolute atomic E-state index is 0.0337. The molecule has 0 aliphatic carbocycles. The Morgan fingerprint density at radius 3 is 2.15 bits per heavy atom. The standard InChI is InChI=1S/C23H36N4O6S/c1-6-27(7-2)34(31,32)19-11-9-10-18(16-19)21(28)24-20(17(4)5)22(29)25-12-14-26(15-13-25)23(30)33-8-3/h9-11,16-17,20H,6-8,12-15H2,1-5H3,(H,24,28)/t20-/m0/s1. The first-order chi connectivity index (χ1) is 16.1. The zero-order valence-electron chi connectivity index (χ0n) is 20.6. The second kappa shape index (κ2) is 12.2. The summed E-state index contributed by atoms with van der Waals surface area (Å²) in [6.07, 6.45) is -0.400. The summed E-state index contributed by atoms with van der Waals surface area (Å²) in [5.74, 6) is -0.949. The molecule has 0 bridgehead atoms. The molecule has 1 fully saturated rings. The zero-order valence-corrected chi connectivity index (χ0v) is 21.4. The van der Waals surface area contributed by atoms with Crippen LogP contribution in [0.3, 0.4) is 0 Å². The highest BCUT2D eigenvalue weighted by Crippen LogP contribution is 2.18. The van der Waals surface area contributed by atoms with Crippen LogP contribution in [-0.4, -0.2) is 92.3 Å². The smallest absolute Gasteiger partial charge is 0.409 e. The molecule has 1 aliphatic rings. The van der Waals surface area contributed by atoms with Crippen LogP contribution in [0.2, 0.25) is 0 Å². The number of sulfonamides is 1. The van der Waals surface area contributed by atoms with Crippen molar-refractivity contribution in [3.8, 4) is 0 Å². The Bertz CT molecular complexity index is 969. The normalized spacial score (nSPS) is 15.4. The van der Waals surface area contributed by atoms with E-state index >= 15 is 0 Å². The van der Waals surface area contributed by atoms with Gasteiger partial charge in [0.05, 0.1) is 11.5 Å². The van der Waals surface area contributed by atoms with Crippen molar-refractivity contribution in [3.63, 3.8) is 0 Å². The Morgan fingerprint density at radius 1 is 1.03 bits per heavy atom. The summed E-state index contributed by atoms with van der Waals surface area (Å²) in [4.78, 5) is 41.3. The lowest BCUT2D eigenvalue weighted by Crippen LogP contribution is -2.57. The summed E-state index contributed by atoms with van der Waals surface area (Å²) in [5.41, 5.74) is 0.166. The third-order valence-electron chi connectivity index (χ3n) is 5.78. The second-order valence-electron chi connectivity index (χ2n) is 8.32. The summed E-state index contributed by atoms with van der Waals surface area (Å²) in [6, 6.07) is 5.05. The van der Waals surface area contributed by atoms with Crippen molar-refractivity contribution in [2.24, 2.45) is 5.92 Å². The molecule has 11 heteroatoms. The molecule has 3 amide bonds. The quantitative estimate of drug-likeness (QED) is 0.557. The fourth-order valence-electron chi connectivity index (χ4n) is 3.77. The van der Waals surface area contributed by atoms with E-state index in [-0.39, 0.29) is 28.9 Å². The topological polar surface area (TPSA) is 116 Å². The van der Waals surface area contributed by atoms with Crippen LogP contribution in [0, 0.1) is 5.92 Å². The molecular weight excluding hydrogens is 460 g/mol. The third-order valence-corrected chi connectivity index (χ3v) is 7.82. The Morgan fingerprint density at radius 2 is 1.62 bits per heavy atom. The third kappa shape index (κ3) is 6.47. The van der Waals surface area contributed by atoms with Gasteiger partial charge in [0.15, 0.2) is 0 Å². The molecular formula is C23H36N4O6S. The van der Waals surface area contributed by atoms with Gasteiger partial charge in [-0.3, -0.25) is 9.59 Å². The molecule has 0 saturated carbocycles. The molecule has 1 saturated heterocycles. The Kier molecular flexibility index (Phi) is 9.87. The van der Waals surface area contributed by atoms with Crippen molar-refractivity contribution in [2.45, 2.75) is 45.6 Å². The number of ether oxygens (including phenoxy) is 1. The van der Waals surface area contributed by atoms with E-state index in [0.29, 0.717) is 39.3 Å². The number of carbonyl (C=O) groups is 3. The van der Waals surface area contributed by atoms with Crippen molar-refractivity contribution in [2.75, 3.05) is 45.9 Å². The van der Waals surface area contributed by atoms with Crippen LogP contribution in [0.25, 0.3) is 0 Å². The van der Waals surface area contributed by atoms with Gasteiger partial charge in [-0.15, -0.1) is 0 Å². The van der Waals surface area contributed by atoms with Crippen LogP contribution in [0.1, 0.15) is 45.0 Å². The van der Waals surface area contributed by atoms with Crippen molar-refractivity contribution < 1.29 is 27.5 Å². The molecule has 1 aromatic carbocycles. The fraction of sp³-hybridized carbons (Fsp3) is 0.609. The van der Waals surface area contributed by atoms with Gasteiger partial charge in [-0.05, 0) is 31.0 Å². The molecule has 1 heterocycles. The second-order valence-corrected chi connectivity index (χ2v) is 10.3. The first-order valence-corrected chi connectivity index (χ1v) is 13.1. The van der Waals surface area contributed by atoms with E-state index in [1.165, 1.54) is 28.6 Å². The van der Waals surface area contributed by atoms with E-state index in [9.17, 15) is 22.8 Å². The summed E-state index contributed by atoms with van der Waals surface area (Å²) in [7, 11) is -3.72. The van der Waals surface area contributed by atoms with Crippen LogP contribution in [0.4, 0.5) is 4.79 Å². The molecule has 1 aliphatic heterocycles. The largest absolute Gasteiger partial charge is 0.450 e. The first kappa shape index (κ1) is 27.6. The maximum Gasteiger partial charge on any atom is 0.409 e. The van der Waals surface area contributed by atoms with Crippen LogP contribution < -0.4 is 5.32 Å². The SMILES string of the molecule is CCOC(=O)N1CCN(C(=O)[C@@H](NC(=O)c2cccc(S(=O)(=O)N(CC)CC)c2)C(C)C)CC1. The van der Waals surface area contributed by atoms with E-state index in [2.05, 4.69) is 5.32 Å². The number of hydrogen-bond acceptors (Lipinski definition) is 6. The van der Waals surface area contributed by atoms with Crippen molar-refractivity contribution in [3.05, 3.63) is 29.8 Å². The maximum atomic E-state index is 13.2. The van der Waals surface area contributed by atoms with Gasteiger partial charge >= 0.3 is 6.09 Å². The minimum Gasteiger partial charge on any atom is -0.450 e. The molecule has 2 rings (SSSR count). The van der Waals surface area contributed by atoms with E-state index in [1.807, 2.05) is 13.8 Å². The summed E-state index contributed by atoms with van der Waals surface area (Å²) in [5, 5.41) is 2.78. The van der Waals surface area contributed by atoms with Crippen molar-refractivity contribution in [1.82, 2.24) is 19.4 Å². The molecule has 190 valence electrons. The number of piperazine rings is 1. The molecule has 0 unspecified atom stereocenters. The lowest BCUT2D eigenvalue weighted by molar-refractivity contribution is -0.135. The molecule has 34 heavy (non-hydrogen) atoms.